The molecule has 0 bridgehead atoms. The van der Waals surface area contributed by atoms with Crippen LogP contribution in [0.4, 0.5) is 0 Å². The van der Waals surface area contributed by atoms with E-state index < -0.39 is 0 Å². The van der Waals surface area contributed by atoms with Crippen LogP contribution in [0, 0.1) is 5.92 Å². The van der Waals surface area contributed by atoms with Gasteiger partial charge >= 0.3 is 0 Å². The maximum Gasteiger partial charge on any atom is 0.274 e. The molecule has 6 heteroatoms. The highest BCUT2D eigenvalue weighted by molar-refractivity contribution is 6.04. The molecule has 26 heavy (non-hydrogen) atoms. The first-order valence-electron chi connectivity index (χ1n) is 8.75. The van der Waals surface area contributed by atoms with Crippen molar-refractivity contribution in [3.05, 3.63) is 76.2 Å². The molecule has 1 aliphatic rings. The van der Waals surface area contributed by atoms with E-state index in [0.29, 0.717) is 35.5 Å². The summed E-state index contributed by atoms with van der Waals surface area (Å²) in [5, 5.41) is 11.6. The molecule has 1 fully saturated rings. The largest absolute Gasteiger partial charge is 0.350 e. The van der Waals surface area contributed by atoms with Crippen LogP contribution in [-0.2, 0) is 6.54 Å². The van der Waals surface area contributed by atoms with Crippen molar-refractivity contribution < 1.29 is 4.79 Å². The van der Waals surface area contributed by atoms with Gasteiger partial charge in [-0.1, -0.05) is 48.5 Å². The fourth-order valence-electron chi connectivity index (χ4n) is 3.08. The summed E-state index contributed by atoms with van der Waals surface area (Å²) < 4.78 is 1.37. The molecule has 1 aliphatic heterocycles. The fourth-order valence-corrected chi connectivity index (χ4v) is 3.08. The fraction of sp³-hybridized carbons (Fsp3) is 0.250. The second-order valence-corrected chi connectivity index (χ2v) is 6.58. The van der Waals surface area contributed by atoms with E-state index in [1.807, 2.05) is 36.4 Å². The van der Waals surface area contributed by atoms with Crippen LogP contribution in [0.25, 0.3) is 10.8 Å². The minimum absolute atomic E-state index is 0.191. The van der Waals surface area contributed by atoms with Crippen LogP contribution in [0.3, 0.4) is 0 Å². The van der Waals surface area contributed by atoms with Crippen LogP contribution in [-0.4, -0.2) is 35.3 Å². The summed E-state index contributed by atoms with van der Waals surface area (Å²) in [5.74, 6) is 0.218. The minimum atomic E-state index is -0.241. The lowest BCUT2D eigenvalue weighted by Gasteiger charge is -2.27. The van der Waals surface area contributed by atoms with Gasteiger partial charge in [0.05, 0.1) is 11.9 Å². The Labute approximate surface area is 150 Å². The van der Waals surface area contributed by atoms with Crippen LogP contribution in [0.15, 0.2) is 59.4 Å². The molecule has 0 atom stereocenters. The number of aromatic nitrogens is 2. The molecule has 1 aromatic heterocycles. The highest BCUT2D eigenvalue weighted by Gasteiger charge is 2.20. The highest BCUT2D eigenvalue weighted by atomic mass is 16.2. The summed E-state index contributed by atoms with van der Waals surface area (Å²) in [6, 6.07) is 16.8. The van der Waals surface area contributed by atoms with Crippen molar-refractivity contribution in [2.45, 2.75) is 6.54 Å². The summed E-state index contributed by atoms with van der Waals surface area (Å²) in [4.78, 5) is 25.5. The van der Waals surface area contributed by atoms with Crippen LogP contribution in [0.2, 0.25) is 0 Å². The monoisotopic (exact) mass is 348 g/mol. The lowest BCUT2D eigenvalue weighted by molar-refractivity contribution is 0.0936. The molecular formula is C20H20N4O2. The first kappa shape index (κ1) is 16.5. The number of hydrogen-bond acceptors (Lipinski definition) is 4. The van der Waals surface area contributed by atoms with E-state index in [1.54, 1.807) is 18.2 Å². The summed E-state index contributed by atoms with van der Waals surface area (Å²) >= 11 is 0. The third-order valence-electron chi connectivity index (χ3n) is 4.68. The van der Waals surface area contributed by atoms with Crippen LogP contribution >= 0.6 is 0 Å². The second kappa shape index (κ2) is 7.09. The average Bonchev–Trinajstić information content (AvgIpc) is 2.63. The molecule has 0 saturated carbocycles. The van der Waals surface area contributed by atoms with Crippen molar-refractivity contribution in [1.82, 2.24) is 20.4 Å². The molecule has 6 nitrogen and oxygen atoms in total. The Morgan fingerprint density at radius 2 is 1.77 bits per heavy atom. The molecule has 4 rings (SSSR count). The molecule has 2 aromatic carbocycles. The van der Waals surface area contributed by atoms with E-state index in [4.69, 9.17) is 0 Å². The van der Waals surface area contributed by atoms with Crippen molar-refractivity contribution >= 4 is 16.7 Å². The van der Waals surface area contributed by atoms with Gasteiger partial charge in [-0.2, -0.15) is 5.10 Å². The van der Waals surface area contributed by atoms with Gasteiger partial charge in [-0.15, -0.1) is 0 Å². The summed E-state index contributed by atoms with van der Waals surface area (Å²) in [6.45, 7) is 2.78. The van der Waals surface area contributed by atoms with Gasteiger partial charge in [-0.25, -0.2) is 4.68 Å². The van der Waals surface area contributed by atoms with Crippen molar-refractivity contribution in [1.29, 1.82) is 0 Å². The smallest absolute Gasteiger partial charge is 0.274 e. The maximum atomic E-state index is 12.8. The summed E-state index contributed by atoms with van der Waals surface area (Å²) in [7, 11) is 0. The van der Waals surface area contributed by atoms with E-state index in [1.165, 1.54) is 4.68 Å². The third kappa shape index (κ3) is 3.23. The van der Waals surface area contributed by atoms with Crippen molar-refractivity contribution in [3.8, 4) is 0 Å². The molecule has 1 saturated heterocycles. The minimum Gasteiger partial charge on any atom is -0.350 e. The number of carbonyl (C=O) groups excluding carboxylic acids is 1. The zero-order chi connectivity index (χ0) is 17.9. The van der Waals surface area contributed by atoms with Gasteiger partial charge in [-0.3, -0.25) is 9.59 Å². The topological polar surface area (TPSA) is 76.0 Å². The molecule has 0 aliphatic carbocycles. The second-order valence-electron chi connectivity index (χ2n) is 6.58. The maximum absolute atomic E-state index is 12.8. The number of hydrogen-bond donors (Lipinski definition) is 2. The Morgan fingerprint density at radius 3 is 2.46 bits per heavy atom. The van der Waals surface area contributed by atoms with Crippen LogP contribution in [0.1, 0.15) is 16.1 Å². The van der Waals surface area contributed by atoms with Gasteiger partial charge in [0, 0.05) is 30.9 Å². The molecular weight excluding hydrogens is 328 g/mol. The zero-order valence-electron chi connectivity index (χ0n) is 14.3. The normalized spacial score (nSPS) is 14.2. The number of benzene rings is 2. The molecule has 0 spiro atoms. The van der Waals surface area contributed by atoms with Crippen molar-refractivity contribution in [3.63, 3.8) is 0 Å². The number of amides is 1. The number of rotatable bonds is 5. The quantitative estimate of drug-likeness (QED) is 0.731. The summed E-state index contributed by atoms with van der Waals surface area (Å²) in [5.41, 5.74) is 1.07. The average molecular weight is 348 g/mol. The van der Waals surface area contributed by atoms with Gasteiger partial charge < -0.3 is 10.6 Å². The Kier molecular flexibility index (Phi) is 4.50. The third-order valence-corrected chi connectivity index (χ3v) is 4.68. The molecule has 0 unspecified atom stereocenters. The molecule has 1 amide bonds. The van der Waals surface area contributed by atoms with Gasteiger partial charge in [0.25, 0.3) is 11.5 Å². The van der Waals surface area contributed by atoms with E-state index in [2.05, 4.69) is 15.7 Å². The van der Waals surface area contributed by atoms with Gasteiger partial charge in [-0.05, 0) is 11.6 Å². The van der Waals surface area contributed by atoms with E-state index in [9.17, 15) is 9.59 Å². The molecule has 132 valence electrons. The Bertz CT molecular complexity index is 994. The lowest BCUT2D eigenvalue weighted by atomic mass is 10.0. The summed E-state index contributed by atoms with van der Waals surface area (Å²) in [6.07, 6.45) is 0. The van der Waals surface area contributed by atoms with E-state index in [-0.39, 0.29) is 11.5 Å². The SMILES string of the molecule is O=C(NCC1CNC1)c1nn(Cc2ccccc2)c(=O)c2ccccc12. The predicted molar refractivity (Wildman–Crippen MR) is 100 cm³/mol. The number of carbonyl (C=O) groups is 1. The van der Waals surface area contributed by atoms with Gasteiger partial charge in [0.15, 0.2) is 5.69 Å². The Morgan fingerprint density at radius 1 is 1.08 bits per heavy atom. The molecule has 2 N–H and O–H groups in total. The van der Waals surface area contributed by atoms with Gasteiger partial charge in [0.2, 0.25) is 0 Å². The highest BCUT2D eigenvalue weighted by Crippen LogP contribution is 2.14. The molecule has 3 aromatic rings. The van der Waals surface area contributed by atoms with Crippen molar-refractivity contribution in [2.24, 2.45) is 5.92 Å². The zero-order valence-corrected chi connectivity index (χ0v) is 14.3. The van der Waals surface area contributed by atoms with Gasteiger partial charge in [0.1, 0.15) is 0 Å². The number of nitrogens with one attached hydrogen (secondary N) is 2. The number of fused-ring (bicyclic) bond motifs is 1. The van der Waals surface area contributed by atoms with E-state index in [0.717, 1.165) is 18.7 Å². The first-order chi connectivity index (χ1) is 12.7. The first-order valence-corrected chi connectivity index (χ1v) is 8.75. The standard InChI is InChI=1S/C20H20N4O2/c25-19(22-12-15-10-21-11-15)18-16-8-4-5-9-17(16)20(26)24(23-18)13-14-6-2-1-3-7-14/h1-9,15,21H,10-13H2,(H,22,25). The van der Waals surface area contributed by atoms with Crippen LogP contribution in [0.5, 0.6) is 0 Å². The molecule has 2 heterocycles. The Balaban J connectivity index is 1.71. The lowest BCUT2D eigenvalue weighted by Crippen LogP contribution is -2.48. The predicted octanol–water partition coefficient (Wildman–Crippen LogP) is 1.39. The number of nitrogens with zero attached hydrogens (tertiary/aromatic N) is 2. The Hall–Kier alpha value is -2.99. The van der Waals surface area contributed by atoms with E-state index >= 15 is 0 Å². The van der Waals surface area contributed by atoms with Crippen LogP contribution < -0.4 is 16.2 Å². The van der Waals surface area contributed by atoms with Crippen molar-refractivity contribution in [2.75, 3.05) is 19.6 Å². The molecule has 0 radical (unpaired) electrons.